The molecule has 1 heterocycles. The van der Waals surface area contributed by atoms with Gasteiger partial charge in [0.2, 0.25) is 5.91 Å². The van der Waals surface area contributed by atoms with Crippen molar-refractivity contribution < 1.29 is 9.18 Å². The molecular weight excluding hydrogens is 291 g/mol. The van der Waals surface area contributed by atoms with E-state index in [0.717, 1.165) is 22.2 Å². The standard InChI is InChI=1S/C19H15FN2O/c20-16-8-5-14(6-9-16)13-21-19(23)12-11-17-10-7-15-3-1-2-4-18(15)22-17/h1-12H,13H2,(H,21,23)/b12-11+. The molecule has 1 N–H and O–H groups in total. The summed E-state index contributed by atoms with van der Waals surface area (Å²) in [6.07, 6.45) is 3.12. The van der Waals surface area contributed by atoms with Gasteiger partial charge in [0.25, 0.3) is 0 Å². The van der Waals surface area contributed by atoms with Crippen molar-refractivity contribution in [3.05, 3.63) is 83.8 Å². The number of benzene rings is 2. The third-order valence-corrected chi connectivity index (χ3v) is 3.41. The van der Waals surface area contributed by atoms with E-state index in [1.54, 1.807) is 18.2 Å². The van der Waals surface area contributed by atoms with Crippen LogP contribution in [0.4, 0.5) is 4.39 Å². The minimum Gasteiger partial charge on any atom is -0.348 e. The highest BCUT2D eigenvalue weighted by Gasteiger charge is 1.99. The lowest BCUT2D eigenvalue weighted by Gasteiger charge is -2.02. The molecule has 0 aliphatic rings. The zero-order valence-corrected chi connectivity index (χ0v) is 12.4. The van der Waals surface area contributed by atoms with Crippen molar-refractivity contribution in [2.45, 2.75) is 6.54 Å². The zero-order chi connectivity index (χ0) is 16.1. The normalized spacial score (nSPS) is 11.0. The van der Waals surface area contributed by atoms with Crippen LogP contribution in [0.25, 0.3) is 17.0 Å². The Kier molecular flexibility index (Phi) is 4.43. The number of halogens is 1. The van der Waals surface area contributed by atoms with Crippen LogP contribution in [0.15, 0.2) is 66.7 Å². The number of nitrogens with zero attached hydrogens (tertiary/aromatic N) is 1. The van der Waals surface area contributed by atoms with Crippen LogP contribution in [-0.2, 0) is 11.3 Å². The number of para-hydroxylation sites is 1. The van der Waals surface area contributed by atoms with E-state index in [4.69, 9.17) is 0 Å². The van der Waals surface area contributed by atoms with Gasteiger partial charge in [0, 0.05) is 18.0 Å². The molecule has 3 rings (SSSR count). The number of aromatic nitrogens is 1. The molecule has 0 unspecified atom stereocenters. The molecule has 23 heavy (non-hydrogen) atoms. The summed E-state index contributed by atoms with van der Waals surface area (Å²) in [6, 6.07) is 17.7. The largest absolute Gasteiger partial charge is 0.348 e. The molecule has 3 aromatic rings. The maximum atomic E-state index is 12.8. The van der Waals surface area contributed by atoms with Gasteiger partial charge in [-0.15, -0.1) is 0 Å². The number of pyridine rings is 1. The molecule has 1 aromatic heterocycles. The summed E-state index contributed by atoms with van der Waals surface area (Å²) < 4.78 is 12.8. The third kappa shape index (κ3) is 4.01. The number of carbonyl (C=O) groups is 1. The smallest absolute Gasteiger partial charge is 0.244 e. The van der Waals surface area contributed by atoms with Gasteiger partial charge in [-0.05, 0) is 35.9 Å². The molecule has 0 spiro atoms. The maximum absolute atomic E-state index is 12.8. The molecule has 0 saturated heterocycles. The first-order chi connectivity index (χ1) is 11.2. The van der Waals surface area contributed by atoms with Crippen molar-refractivity contribution in [3.8, 4) is 0 Å². The number of fused-ring (bicyclic) bond motifs is 1. The monoisotopic (exact) mass is 306 g/mol. The topological polar surface area (TPSA) is 42.0 Å². The molecule has 0 saturated carbocycles. The Morgan fingerprint density at radius 1 is 1.04 bits per heavy atom. The first-order valence-electron chi connectivity index (χ1n) is 7.27. The fourth-order valence-electron chi connectivity index (χ4n) is 2.19. The van der Waals surface area contributed by atoms with Gasteiger partial charge in [-0.25, -0.2) is 9.37 Å². The Balaban J connectivity index is 1.61. The highest BCUT2D eigenvalue weighted by molar-refractivity contribution is 5.91. The summed E-state index contributed by atoms with van der Waals surface area (Å²) in [5.41, 5.74) is 2.46. The number of amides is 1. The minimum absolute atomic E-state index is 0.218. The van der Waals surface area contributed by atoms with E-state index in [-0.39, 0.29) is 11.7 Å². The van der Waals surface area contributed by atoms with E-state index >= 15 is 0 Å². The molecule has 0 aliphatic heterocycles. The second-order valence-corrected chi connectivity index (χ2v) is 5.11. The van der Waals surface area contributed by atoms with E-state index in [1.807, 2.05) is 36.4 Å². The molecule has 2 aromatic carbocycles. The van der Waals surface area contributed by atoms with Gasteiger partial charge in [-0.2, -0.15) is 0 Å². The second-order valence-electron chi connectivity index (χ2n) is 5.11. The first-order valence-corrected chi connectivity index (χ1v) is 7.27. The van der Waals surface area contributed by atoms with Crippen molar-refractivity contribution in [1.82, 2.24) is 10.3 Å². The van der Waals surface area contributed by atoms with Crippen molar-refractivity contribution >= 4 is 22.9 Å². The van der Waals surface area contributed by atoms with Crippen LogP contribution in [0.3, 0.4) is 0 Å². The molecule has 0 bridgehead atoms. The molecule has 0 aliphatic carbocycles. The number of hydrogen-bond acceptors (Lipinski definition) is 2. The predicted octanol–water partition coefficient (Wildman–Crippen LogP) is 3.70. The number of hydrogen-bond donors (Lipinski definition) is 1. The fraction of sp³-hybridized carbons (Fsp3) is 0.0526. The maximum Gasteiger partial charge on any atom is 0.244 e. The van der Waals surface area contributed by atoms with E-state index in [2.05, 4.69) is 10.3 Å². The van der Waals surface area contributed by atoms with E-state index in [1.165, 1.54) is 18.2 Å². The highest BCUT2D eigenvalue weighted by atomic mass is 19.1. The lowest BCUT2D eigenvalue weighted by Crippen LogP contribution is -2.20. The van der Waals surface area contributed by atoms with Crippen LogP contribution in [0.5, 0.6) is 0 Å². The quantitative estimate of drug-likeness (QED) is 0.747. The van der Waals surface area contributed by atoms with Crippen LogP contribution in [0, 0.1) is 5.82 Å². The molecule has 114 valence electrons. The Hall–Kier alpha value is -3.01. The molecule has 3 nitrogen and oxygen atoms in total. The highest BCUT2D eigenvalue weighted by Crippen LogP contribution is 2.12. The number of rotatable bonds is 4. The molecule has 0 atom stereocenters. The Bertz CT molecular complexity index is 857. The van der Waals surface area contributed by atoms with E-state index in [9.17, 15) is 9.18 Å². The Morgan fingerprint density at radius 2 is 1.83 bits per heavy atom. The number of nitrogens with one attached hydrogen (secondary N) is 1. The summed E-state index contributed by atoms with van der Waals surface area (Å²) in [5, 5.41) is 3.81. The van der Waals surface area contributed by atoms with Crippen LogP contribution in [0.1, 0.15) is 11.3 Å². The lowest BCUT2D eigenvalue weighted by molar-refractivity contribution is -0.116. The van der Waals surface area contributed by atoms with Gasteiger partial charge in [0.05, 0.1) is 11.2 Å². The van der Waals surface area contributed by atoms with Crippen LogP contribution in [-0.4, -0.2) is 10.9 Å². The van der Waals surface area contributed by atoms with Crippen LogP contribution in [0.2, 0.25) is 0 Å². The van der Waals surface area contributed by atoms with Crippen molar-refractivity contribution in [1.29, 1.82) is 0 Å². The molecule has 0 radical (unpaired) electrons. The van der Waals surface area contributed by atoms with Crippen molar-refractivity contribution in [2.24, 2.45) is 0 Å². The van der Waals surface area contributed by atoms with Gasteiger partial charge in [0.15, 0.2) is 0 Å². The lowest BCUT2D eigenvalue weighted by atomic mass is 10.2. The van der Waals surface area contributed by atoms with Gasteiger partial charge >= 0.3 is 0 Å². The minimum atomic E-state index is -0.289. The SMILES string of the molecule is O=C(/C=C/c1ccc2ccccc2n1)NCc1ccc(F)cc1. The summed E-state index contributed by atoms with van der Waals surface area (Å²) in [7, 11) is 0. The van der Waals surface area contributed by atoms with Crippen LogP contribution >= 0.6 is 0 Å². The molecule has 1 amide bonds. The average Bonchev–Trinajstić information content (AvgIpc) is 2.59. The van der Waals surface area contributed by atoms with E-state index < -0.39 is 0 Å². The van der Waals surface area contributed by atoms with Gasteiger partial charge < -0.3 is 5.32 Å². The average molecular weight is 306 g/mol. The third-order valence-electron chi connectivity index (χ3n) is 3.41. The van der Waals surface area contributed by atoms with Crippen molar-refractivity contribution in [3.63, 3.8) is 0 Å². The molecule has 0 fully saturated rings. The molecule has 4 heteroatoms. The fourth-order valence-corrected chi connectivity index (χ4v) is 2.19. The summed E-state index contributed by atoms with van der Waals surface area (Å²) in [6.45, 7) is 0.356. The Labute approximate surface area is 133 Å². The van der Waals surface area contributed by atoms with E-state index in [0.29, 0.717) is 6.54 Å². The van der Waals surface area contributed by atoms with Gasteiger partial charge in [-0.3, -0.25) is 4.79 Å². The zero-order valence-electron chi connectivity index (χ0n) is 12.4. The summed E-state index contributed by atoms with van der Waals surface area (Å²) in [5.74, 6) is -0.508. The molecular formula is C19H15FN2O. The summed E-state index contributed by atoms with van der Waals surface area (Å²) in [4.78, 5) is 16.3. The van der Waals surface area contributed by atoms with Crippen LogP contribution < -0.4 is 5.32 Å². The van der Waals surface area contributed by atoms with Gasteiger partial charge in [-0.1, -0.05) is 36.4 Å². The summed E-state index contributed by atoms with van der Waals surface area (Å²) >= 11 is 0. The van der Waals surface area contributed by atoms with Gasteiger partial charge in [0.1, 0.15) is 5.82 Å². The number of carbonyl (C=O) groups excluding carboxylic acids is 1. The first kappa shape index (κ1) is 14.9. The second kappa shape index (κ2) is 6.83. The predicted molar refractivity (Wildman–Crippen MR) is 89.0 cm³/mol. The van der Waals surface area contributed by atoms with Crippen molar-refractivity contribution in [2.75, 3.05) is 0 Å². The Morgan fingerprint density at radius 3 is 2.65 bits per heavy atom.